The van der Waals surface area contributed by atoms with Gasteiger partial charge >= 0.3 is 0 Å². The summed E-state index contributed by atoms with van der Waals surface area (Å²) < 4.78 is 5.68. The number of benzene rings is 1. The van der Waals surface area contributed by atoms with Crippen molar-refractivity contribution in [3.63, 3.8) is 0 Å². The molecule has 21 heavy (non-hydrogen) atoms. The number of rotatable bonds is 8. The number of nitrogens with zero attached hydrogens (tertiary/aromatic N) is 2. The van der Waals surface area contributed by atoms with Crippen molar-refractivity contribution in [2.75, 3.05) is 38.0 Å². The standard InChI is InChI=1S/C15H23N3O2S/c1-18(8-9-20-10-11-6-7-11)12-4-3-5-13(21-2)14(12)15(16)17-19/h3-5,11,19H,6-10H2,1-2H3,(H2,16,17). The van der Waals surface area contributed by atoms with Gasteiger partial charge < -0.3 is 20.6 Å². The molecule has 2 rings (SSSR count). The molecule has 3 N–H and O–H groups in total. The summed E-state index contributed by atoms with van der Waals surface area (Å²) in [7, 11) is 1.99. The lowest BCUT2D eigenvalue weighted by molar-refractivity contribution is 0.131. The van der Waals surface area contributed by atoms with Crippen LogP contribution in [-0.4, -0.2) is 44.1 Å². The lowest BCUT2D eigenvalue weighted by Gasteiger charge is -2.23. The van der Waals surface area contributed by atoms with Crippen LogP contribution in [0.5, 0.6) is 0 Å². The predicted octanol–water partition coefficient (Wildman–Crippen LogP) is 2.37. The average Bonchev–Trinajstić information content (AvgIpc) is 3.33. The summed E-state index contributed by atoms with van der Waals surface area (Å²) in [5.74, 6) is 0.920. The Kier molecular flexibility index (Phi) is 5.76. The maximum atomic E-state index is 9.01. The molecule has 0 unspecified atom stereocenters. The van der Waals surface area contributed by atoms with Crippen molar-refractivity contribution < 1.29 is 9.94 Å². The van der Waals surface area contributed by atoms with Gasteiger partial charge in [-0.25, -0.2) is 0 Å². The molecule has 0 heterocycles. The van der Waals surface area contributed by atoms with Crippen LogP contribution in [0, 0.1) is 5.92 Å². The number of likely N-dealkylation sites (N-methyl/N-ethyl adjacent to an activating group) is 1. The van der Waals surface area contributed by atoms with Crippen LogP contribution in [0.25, 0.3) is 0 Å². The lowest BCUT2D eigenvalue weighted by atomic mass is 10.1. The molecule has 1 aliphatic rings. The topological polar surface area (TPSA) is 71.1 Å². The summed E-state index contributed by atoms with van der Waals surface area (Å²) in [6.07, 6.45) is 4.59. The molecule has 0 bridgehead atoms. The second kappa shape index (κ2) is 7.56. The summed E-state index contributed by atoms with van der Waals surface area (Å²) in [6.45, 7) is 2.33. The van der Waals surface area contributed by atoms with Crippen LogP contribution in [-0.2, 0) is 4.74 Å². The molecule has 5 nitrogen and oxygen atoms in total. The SMILES string of the molecule is CSc1cccc(N(C)CCOCC2CC2)c1/C(N)=N/O. The van der Waals surface area contributed by atoms with Gasteiger partial charge in [0.1, 0.15) is 0 Å². The van der Waals surface area contributed by atoms with E-state index in [2.05, 4.69) is 10.1 Å². The molecule has 0 amide bonds. The second-order valence-electron chi connectivity index (χ2n) is 5.28. The van der Waals surface area contributed by atoms with E-state index in [1.165, 1.54) is 12.8 Å². The van der Waals surface area contributed by atoms with Gasteiger partial charge in [-0.2, -0.15) is 0 Å². The first kappa shape index (κ1) is 16.0. The highest BCUT2D eigenvalue weighted by molar-refractivity contribution is 7.98. The number of hydrogen-bond acceptors (Lipinski definition) is 5. The van der Waals surface area contributed by atoms with Crippen LogP contribution >= 0.6 is 11.8 Å². The van der Waals surface area contributed by atoms with Crippen LogP contribution in [0.3, 0.4) is 0 Å². The molecule has 6 heteroatoms. The molecular weight excluding hydrogens is 286 g/mol. The maximum absolute atomic E-state index is 9.01. The minimum Gasteiger partial charge on any atom is -0.409 e. The van der Waals surface area contributed by atoms with Crippen molar-refractivity contribution in [1.29, 1.82) is 0 Å². The lowest BCUT2D eigenvalue weighted by Crippen LogP contribution is -2.27. The van der Waals surface area contributed by atoms with Crippen molar-refractivity contribution in [1.82, 2.24) is 0 Å². The van der Waals surface area contributed by atoms with Gasteiger partial charge in [0, 0.05) is 30.8 Å². The van der Waals surface area contributed by atoms with Crippen molar-refractivity contribution >= 4 is 23.3 Å². The third-order valence-electron chi connectivity index (χ3n) is 3.62. The van der Waals surface area contributed by atoms with Crippen LogP contribution in [0.1, 0.15) is 18.4 Å². The zero-order chi connectivity index (χ0) is 15.2. The molecule has 116 valence electrons. The van der Waals surface area contributed by atoms with Crippen molar-refractivity contribution in [3.8, 4) is 0 Å². The molecule has 0 aromatic heterocycles. The number of amidine groups is 1. The highest BCUT2D eigenvalue weighted by atomic mass is 32.2. The first-order valence-corrected chi connectivity index (χ1v) is 8.33. The minimum atomic E-state index is 0.140. The quantitative estimate of drug-likeness (QED) is 0.193. The van der Waals surface area contributed by atoms with Crippen LogP contribution in [0.2, 0.25) is 0 Å². The smallest absolute Gasteiger partial charge is 0.173 e. The molecule has 0 radical (unpaired) electrons. The molecule has 0 aliphatic heterocycles. The first-order valence-electron chi connectivity index (χ1n) is 7.11. The fourth-order valence-electron chi connectivity index (χ4n) is 2.17. The van der Waals surface area contributed by atoms with E-state index < -0.39 is 0 Å². The van der Waals surface area contributed by atoms with Crippen molar-refractivity contribution in [2.45, 2.75) is 17.7 Å². The summed E-state index contributed by atoms with van der Waals surface area (Å²) in [6, 6.07) is 5.93. The third kappa shape index (κ3) is 4.28. The van der Waals surface area contributed by atoms with Gasteiger partial charge in [-0.05, 0) is 37.1 Å². The molecule has 1 aromatic carbocycles. The number of nitrogens with two attached hydrogens (primary N) is 1. The van der Waals surface area contributed by atoms with E-state index in [0.717, 1.165) is 35.2 Å². The number of thioether (sulfide) groups is 1. The molecule has 0 spiro atoms. The van der Waals surface area contributed by atoms with E-state index >= 15 is 0 Å². The molecular formula is C15H23N3O2S. The highest BCUT2D eigenvalue weighted by Gasteiger charge is 2.21. The van der Waals surface area contributed by atoms with Crippen LogP contribution in [0.15, 0.2) is 28.3 Å². The zero-order valence-corrected chi connectivity index (χ0v) is 13.4. The second-order valence-corrected chi connectivity index (χ2v) is 6.13. The van der Waals surface area contributed by atoms with E-state index in [1.807, 2.05) is 31.5 Å². The maximum Gasteiger partial charge on any atom is 0.173 e. The van der Waals surface area contributed by atoms with Gasteiger partial charge in [-0.15, -0.1) is 11.8 Å². The summed E-state index contributed by atoms with van der Waals surface area (Å²) >= 11 is 1.58. The zero-order valence-electron chi connectivity index (χ0n) is 12.6. The Bertz CT molecular complexity index is 504. The molecule has 0 atom stereocenters. The van der Waals surface area contributed by atoms with E-state index in [4.69, 9.17) is 15.7 Å². The van der Waals surface area contributed by atoms with E-state index in [-0.39, 0.29) is 5.84 Å². The number of oxime groups is 1. The summed E-state index contributed by atoms with van der Waals surface area (Å²) in [5, 5.41) is 12.2. The minimum absolute atomic E-state index is 0.140. The van der Waals surface area contributed by atoms with E-state index in [0.29, 0.717) is 6.61 Å². The van der Waals surface area contributed by atoms with Gasteiger partial charge in [-0.1, -0.05) is 11.2 Å². The Hall–Kier alpha value is -1.40. The van der Waals surface area contributed by atoms with E-state index in [1.54, 1.807) is 11.8 Å². The monoisotopic (exact) mass is 309 g/mol. The Morgan fingerprint density at radius 3 is 2.90 bits per heavy atom. The Balaban J connectivity index is 2.05. The largest absolute Gasteiger partial charge is 0.409 e. The molecule has 1 saturated carbocycles. The van der Waals surface area contributed by atoms with Gasteiger partial charge in [0.2, 0.25) is 0 Å². The normalized spacial score (nSPS) is 15.2. The fourth-order valence-corrected chi connectivity index (χ4v) is 2.80. The molecule has 0 saturated heterocycles. The molecule has 1 fully saturated rings. The van der Waals surface area contributed by atoms with Crippen LogP contribution < -0.4 is 10.6 Å². The number of anilines is 1. The van der Waals surface area contributed by atoms with E-state index in [9.17, 15) is 0 Å². The van der Waals surface area contributed by atoms with Gasteiger partial charge in [-0.3, -0.25) is 0 Å². The van der Waals surface area contributed by atoms with Gasteiger partial charge in [0.25, 0.3) is 0 Å². The molecule has 1 aliphatic carbocycles. The Morgan fingerprint density at radius 1 is 1.52 bits per heavy atom. The number of ether oxygens (including phenoxy) is 1. The summed E-state index contributed by atoms with van der Waals surface area (Å²) in [5.41, 5.74) is 7.57. The number of hydrogen-bond donors (Lipinski definition) is 2. The third-order valence-corrected chi connectivity index (χ3v) is 4.40. The first-order chi connectivity index (χ1) is 10.2. The highest BCUT2D eigenvalue weighted by Crippen LogP contribution is 2.30. The summed E-state index contributed by atoms with van der Waals surface area (Å²) in [4.78, 5) is 3.08. The van der Waals surface area contributed by atoms with Crippen molar-refractivity contribution in [2.24, 2.45) is 16.8 Å². The van der Waals surface area contributed by atoms with Crippen LogP contribution in [0.4, 0.5) is 5.69 Å². The fraction of sp³-hybridized carbons (Fsp3) is 0.533. The van der Waals surface area contributed by atoms with Crippen molar-refractivity contribution in [3.05, 3.63) is 23.8 Å². The predicted molar refractivity (Wildman–Crippen MR) is 87.5 cm³/mol. The van der Waals surface area contributed by atoms with Gasteiger partial charge in [0.05, 0.1) is 12.2 Å². The Labute approximate surface area is 130 Å². The average molecular weight is 309 g/mol. The Morgan fingerprint density at radius 2 is 2.29 bits per heavy atom. The molecule has 1 aromatic rings. The van der Waals surface area contributed by atoms with Gasteiger partial charge in [0.15, 0.2) is 5.84 Å².